The Kier molecular flexibility index (Phi) is 10.3. The zero-order chi connectivity index (χ0) is 37.1. The fraction of sp³-hybridized carbons (Fsp3) is 0.0645. The molecular formula is C31H26N6O11S3. The maximum absolute atomic E-state index is 12.8. The number of hydrogen-bond acceptors (Lipinski definition) is 12. The molecule has 17 nitrogen and oxygen atoms in total. The zero-order valence-electron chi connectivity index (χ0n) is 26.3. The first kappa shape index (κ1) is 36.6. The van der Waals surface area contributed by atoms with Crippen LogP contribution in [0.25, 0.3) is 10.8 Å². The van der Waals surface area contributed by atoms with Gasteiger partial charge < -0.3 is 15.4 Å². The maximum Gasteiger partial charge on any atom is 0.323 e. The van der Waals surface area contributed by atoms with Crippen LogP contribution in [0.4, 0.5) is 38.9 Å². The van der Waals surface area contributed by atoms with Gasteiger partial charge in [-0.15, -0.1) is 0 Å². The lowest BCUT2D eigenvalue weighted by atomic mass is 10.1. The summed E-state index contributed by atoms with van der Waals surface area (Å²) in [6.45, 7) is 1.66. The largest absolute Gasteiger partial charge is 0.494 e. The first-order valence-corrected chi connectivity index (χ1v) is 18.5. The predicted molar refractivity (Wildman–Crippen MR) is 185 cm³/mol. The molecule has 0 aliphatic carbocycles. The fourth-order valence-electron chi connectivity index (χ4n) is 4.71. The molecule has 0 heterocycles. The second kappa shape index (κ2) is 14.3. The van der Waals surface area contributed by atoms with Crippen molar-refractivity contribution in [3.63, 3.8) is 0 Å². The average Bonchev–Trinajstić information content (AvgIpc) is 3.05. The van der Waals surface area contributed by atoms with Gasteiger partial charge in [-0.2, -0.15) is 45.7 Å². The van der Waals surface area contributed by atoms with Gasteiger partial charge in [0.25, 0.3) is 30.4 Å². The monoisotopic (exact) mass is 754 g/mol. The lowest BCUT2D eigenvalue weighted by Crippen LogP contribution is -2.19. The Morgan fingerprint density at radius 3 is 1.94 bits per heavy atom. The molecule has 0 aromatic heterocycles. The molecule has 5 aromatic rings. The van der Waals surface area contributed by atoms with Crippen LogP contribution < -0.4 is 15.4 Å². The van der Waals surface area contributed by atoms with Crippen LogP contribution in [0.5, 0.6) is 5.75 Å². The smallest absolute Gasteiger partial charge is 0.323 e. The van der Waals surface area contributed by atoms with E-state index in [4.69, 9.17) is 4.74 Å². The Balaban J connectivity index is 1.31. The second-order valence-electron chi connectivity index (χ2n) is 10.6. The van der Waals surface area contributed by atoms with Gasteiger partial charge in [0.15, 0.2) is 0 Å². The predicted octanol–water partition coefficient (Wildman–Crippen LogP) is 7.37. The molecule has 0 radical (unpaired) electrons. The topological polar surface area (TPSA) is 263 Å². The number of aryl methyl sites for hydroxylation is 1. The Hall–Kier alpha value is -5.64. The molecule has 0 unspecified atom stereocenters. The zero-order valence-corrected chi connectivity index (χ0v) is 28.7. The van der Waals surface area contributed by atoms with Crippen LogP contribution >= 0.6 is 0 Å². The van der Waals surface area contributed by atoms with E-state index in [-0.39, 0.29) is 38.5 Å². The van der Waals surface area contributed by atoms with Gasteiger partial charge in [-0.1, -0.05) is 18.2 Å². The highest BCUT2D eigenvalue weighted by Crippen LogP contribution is 2.35. The highest BCUT2D eigenvalue weighted by molar-refractivity contribution is 7.86. The SMILES string of the molecule is COc1cc(N=Nc2cccc(S(=O)(=O)O)c2)ccc1NC(=O)Nc1ccc(N=Nc2cc(S(=O)(=O)O)c3cccc(S(=O)(=O)O)c3c2)c(C)c1. The molecule has 0 saturated carbocycles. The minimum absolute atomic E-state index is 0.139. The van der Waals surface area contributed by atoms with E-state index in [0.717, 1.165) is 18.2 Å². The van der Waals surface area contributed by atoms with Gasteiger partial charge in [-0.25, -0.2) is 4.79 Å². The van der Waals surface area contributed by atoms with E-state index in [1.165, 1.54) is 73.8 Å². The summed E-state index contributed by atoms with van der Waals surface area (Å²) in [5.41, 5.74) is 1.81. The molecule has 0 aliphatic rings. The number of nitrogens with zero attached hydrogens (tertiary/aromatic N) is 4. The average molecular weight is 755 g/mol. The number of urea groups is 1. The van der Waals surface area contributed by atoms with Gasteiger partial charge in [0.05, 0.1) is 40.4 Å². The molecule has 0 spiro atoms. The summed E-state index contributed by atoms with van der Waals surface area (Å²) in [4.78, 5) is 11.3. The summed E-state index contributed by atoms with van der Waals surface area (Å²) in [7, 11) is -12.6. The Labute approximate surface area is 291 Å². The standard InChI is InChI=1S/C31H26N6O11S3/c1-18-13-19(9-11-26(18)37-36-22-15-25-24(30(17-22)51(45,46)47)7-4-8-29(25)50(42,43)44)32-31(38)33-27-12-10-21(16-28(27)48-2)35-34-20-5-3-6-23(14-20)49(39,40)41/h3-17H,1-2H3,(H2,32,33,38)(H,39,40,41)(H,42,43,44)(H,45,46,47). The van der Waals surface area contributed by atoms with Crippen LogP contribution in [0.15, 0.2) is 126 Å². The quantitative estimate of drug-likeness (QED) is 0.0694. The third-order valence-electron chi connectivity index (χ3n) is 7.02. The van der Waals surface area contributed by atoms with E-state index >= 15 is 0 Å². The number of carbonyl (C=O) groups excluding carboxylic acids is 1. The van der Waals surface area contributed by atoms with Crippen molar-refractivity contribution in [2.45, 2.75) is 21.6 Å². The molecular weight excluding hydrogens is 729 g/mol. The second-order valence-corrected chi connectivity index (χ2v) is 14.8. The first-order valence-electron chi connectivity index (χ1n) is 14.2. The number of carbonyl (C=O) groups is 1. The molecule has 264 valence electrons. The number of methoxy groups -OCH3 is 1. The van der Waals surface area contributed by atoms with E-state index in [1.807, 2.05) is 0 Å². The third-order valence-corrected chi connectivity index (χ3v) is 9.67. The van der Waals surface area contributed by atoms with Gasteiger partial charge in [0.1, 0.15) is 15.5 Å². The third kappa shape index (κ3) is 8.94. The van der Waals surface area contributed by atoms with Gasteiger partial charge in [-0.05, 0) is 79.2 Å². The van der Waals surface area contributed by atoms with Gasteiger partial charge >= 0.3 is 6.03 Å². The molecule has 5 rings (SSSR count). The van der Waals surface area contributed by atoms with Crippen LogP contribution in [-0.2, 0) is 30.4 Å². The van der Waals surface area contributed by atoms with Crippen LogP contribution in [0, 0.1) is 6.92 Å². The van der Waals surface area contributed by atoms with E-state index in [2.05, 4.69) is 31.1 Å². The molecule has 0 saturated heterocycles. The Morgan fingerprint density at radius 1 is 0.627 bits per heavy atom. The van der Waals surface area contributed by atoms with Crippen molar-refractivity contribution < 1.29 is 48.4 Å². The molecule has 5 aromatic carbocycles. The Morgan fingerprint density at radius 2 is 1.29 bits per heavy atom. The summed E-state index contributed by atoms with van der Waals surface area (Å²) in [6, 6.07) is 19.4. The van der Waals surface area contributed by atoms with Crippen molar-refractivity contribution in [2.24, 2.45) is 20.5 Å². The number of amides is 2. The first-order chi connectivity index (χ1) is 23.9. The number of hydrogen-bond donors (Lipinski definition) is 5. The van der Waals surface area contributed by atoms with Gasteiger partial charge in [0.2, 0.25) is 0 Å². The Bertz CT molecular complexity index is 2590. The van der Waals surface area contributed by atoms with Crippen molar-refractivity contribution in [1.29, 1.82) is 0 Å². The van der Waals surface area contributed by atoms with E-state index in [1.54, 1.807) is 13.0 Å². The fourth-order valence-corrected chi connectivity index (χ4v) is 6.66. The van der Waals surface area contributed by atoms with Crippen LogP contribution in [0.2, 0.25) is 0 Å². The molecule has 0 bridgehead atoms. The number of fused-ring (bicyclic) bond motifs is 1. The highest BCUT2D eigenvalue weighted by atomic mass is 32.2. The number of anilines is 2. The normalized spacial score (nSPS) is 12.4. The maximum atomic E-state index is 12.8. The molecule has 0 aliphatic heterocycles. The van der Waals surface area contributed by atoms with Crippen molar-refractivity contribution in [3.05, 3.63) is 96.6 Å². The van der Waals surface area contributed by atoms with E-state index in [0.29, 0.717) is 22.6 Å². The van der Waals surface area contributed by atoms with Crippen LogP contribution in [-0.4, -0.2) is 52.1 Å². The molecule has 51 heavy (non-hydrogen) atoms. The van der Waals surface area contributed by atoms with Crippen molar-refractivity contribution in [3.8, 4) is 5.75 Å². The van der Waals surface area contributed by atoms with Crippen molar-refractivity contribution in [1.82, 2.24) is 0 Å². The summed E-state index contributed by atoms with van der Waals surface area (Å²) < 4.78 is 105. The minimum Gasteiger partial charge on any atom is -0.494 e. The van der Waals surface area contributed by atoms with Gasteiger partial charge in [-0.3, -0.25) is 13.7 Å². The number of azo groups is 2. The number of benzene rings is 5. The van der Waals surface area contributed by atoms with E-state index in [9.17, 15) is 43.7 Å². The van der Waals surface area contributed by atoms with Crippen LogP contribution in [0.1, 0.15) is 5.56 Å². The summed E-state index contributed by atoms with van der Waals surface area (Å²) in [6.07, 6.45) is 0. The van der Waals surface area contributed by atoms with Crippen molar-refractivity contribution in [2.75, 3.05) is 17.7 Å². The number of ether oxygens (including phenoxy) is 1. The summed E-state index contributed by atoms with van der Waals surface area (Å²) in [5, 5.41) is 21.1. The number of rotatable bonds is 10. The lowest BCUT2D eigenvalue weighted by molar-refractivity contribution is 0.262. The number of nitrogens with one attached hydrogen (secondary N) is 2. The molecule has 5 N–H and O–H groups in total. The molecule has 0 fully saturated rings. The van der Waals surface area contributed by atoms with Crippen molar-refractivity contribution >= 4 is 81.3 Å². The summed E-state index contributed by atoms with van der Waals surface area (Å²) >= 11 is 0. The molecule has 20 heteroatoms. The summed E-state index contributed by atoms with van der Waals surface area (Å²) in [5.74, 6) is 0.231. The molecule has 0 atom stereocenters. The van der Waals surface area contributed by atoms with Gasteiger partial charge in [0, 0.05) is 22.5 Å². The van der Waals surface area contributed by atoms with Crippen LogP contribution in [0.3, 0.4) is 0 Å². The highest BCUT2D eigenvalue weighted by Gasteiger charge is 2.21. The molecule has 2 amide bonds. The minimum atomic E-state index is -4.84. The van der Waals surface area contributed by atoms with E-state index < -0.39 is 46.2 Å². The lowest BCUT2D eigenvalue weighted by Gasteiger charge is -2.12.